The molecule has 20 heavy (non-hydrogen) atoms. The topological polar surface area (TPSA) is 107 Å². The van der Waals surface area contributed by atoms with E-state index >= 15 is 0 Å². The molecule has 0 rings (SSSR count). The monoisotopic (exact) mass is 310 g/mol. The summed E-state index contributed by atoms with van der Waals surface area (Å²) in [5, 5.41) is -1.92. The predicted molar refractivity (Wildman–Crippen MR) is 71.7 cm³/mol. The van der Waals surface area contributed by atoms with Gasteiger partial charge in [-0.2, -0.15) is 8.42 Å². The van der Waals surface area contributed by atoms with E-state index in [-0.39, 0.29) is 13.2 Å². The van der Waals surface area contributed by atoms with Crippen LogP contribution in [-0.2, 0) is 29.2 Å². The highest BCUT2D eigenvalue weighted by atomic mass is 32.2. The standard InChI is InChI=1S/C12H22O7S/c1-3-5-7-18-11(13)9-10(20(15,16)17)12(14)19-8-6-4-2/h10H,3-9H2,1-2H3,(H,15,16,17). The van der Waals surface area contributed by atoms with Gasteiger partial charge in [-0.1, -0.05) is 26.7 Å². The number of carbonyl (C=O) groups is 2. The summed E-state index contributed by atoms with van der Waals surface area (Å²) in [6.45, 7) is 3.98. The van der Waals surface area contributed by atoms with Gasteiger partial charge in [0.1, 0.15) is 0 Å². The zero-order chi connectivity index (χ0) is 15.6. The van der Waals surface area contributed by atoms with E-state index in [0.717, 1.165) is 12.8 Å². The molecule has 1 atom stereocenters. The second-order valence-electron chi connectivity index (χ2n) is 4.30. The highest BCUT2D eigenvalue weighted by Gasteiger charge is 2.35. The molecule has 0 aromatic heterocycles. The summed E-state index contributed by atoms with van der Waals surface area (Å²) in [6.07, 6.45) is 2.05. The number of carbonyl (C=O) groups excluding carboxylic acids is 2. The summed E-state index contributed by atoms with van der Waals surface area (Å²) in [7, 11) is -4.70. The van der Waals surface area contributed by atoms with Gasteiger partial charge in [0, 0.05) is 0 Å². The molecule has 0 fully saturated rings. The van der Waals surface area contributed by atoms with E-state index in [0.29, 0.717) is 12.8 Å². The van der Waals surface area contributed by atoms with Gasteiger partial charge in [-0.05, 0) is 12.8 Å². The summed E-state index contributed by atoms with van der Waals surface area (Å²) in [4.78, 5) is 23.0. The molecule has 0 saturated carbocycles. The summed E-state index contributed by atoms with van der Waals surface area (Å²) in [5.41, 5.74) is 0. The molecule has 0 aliphatic rings. The Balaban J connectivity index is 4.50. The van der Waals surface area contributed by atoms with Crippen LogP contribution in [0.5, 0.6) is 0 Å². The highest BCUT2D eigenvalue weighted by Crippen LogP contribution is 2.09. The maximum absolute atomic E-state index is 11.6. The van der Waals surface area contributed by atoms with Crippen molar-refractivity contribution in [2.45, 2.75) is 51.2 Å². The molecule has 0 saturated heterocycles. The van der Waals surface area contributed by atoms with E-state index in [2.05, 4.69) is 0 Å². The lowest BCUT2D eigenvalue weighted by Crippen LogP contribution is -2.34. The average molecular weight is 310 g/mol. The molecular weight excluding hydrogens is 288 g/mol. The molecule has 7 nitrogen and oxygen atoms in total. The molecule has 118 valence electrons. The van der Waals surface area contributed by atoms with E-state index in [9.17, 15) is 18.0 Å². The quantitative estimate of drug-likeness (QED) is 0.368. The summed E-state index contributed by atoms with van der Waals surface area (Å²) in [6, 6.07) is 0. The average Bonchev–Trinajstić information content (AvgIpc) is 2.35. The van der Waals surface area contributed by atoms with Gasteiger partial charge < -0.3 is 9.47 Å². The van der Waals surface area contributed by atoms with Crippen LogP contribution < -0.4 is 0 Å². The number of esters is 2. The minimum atomic E-state index is -4.70. The molecule has 0 radical (unpaired) electrons. The van der Waals surface area contributed by atoms with Crippen molar-refractivity contribution < 1.29 is 32.0 Å². The molecular formula is C12H22O7S. The number of hydrogen-bond acceptors (Lipinski definition) is 6. The highest BCUT2D eigenvalue weighted by molar-refractivity contribution is 7.87. The SMILES string of the molecule is CCCCOC(=O)CC(C(=O)OCCCC)S(=O)(=O)O. The van der Waals surface area contributed by atoms with Crippen LogP contribution >= 0.6 is 0 Å². The first-order valence-corrected chi connectivity index (χ1v) is 8.11. The first-order valence-electron chi connectivity index (χ1n) is 6.61. The predicted octanol–water partition coefficient (Wildman–Crippen LogP) is 1.32. The third kappa shape index (κ3) is 8.11. The lowest BCUT2D eigenvalue weighted by Gasteiger charge is -2.12. The molecule has 0 aliphatic heterocycles. The lowest BCUT2D eigenvalue weighted by molar-refractivity contribution is -0.150. The third-order valence-electron chi connectivity index (χ3n) is 2.48. The van der Waals surface area contributed by atoms with Crippen LogP contribution in [0.1, 0.15) is 46.0 Å². The third-order valence-corrected chi connectivity index (χ3v) is 3.56. The van der Waals surface area contributed by atoms with Gasteiger partial charge >= 0.3 is 11.9 Å². The Hall–Kier alpha value is -1.15. The van der Waals surface area contributed by atoms with Crippen LogP contribution in [0, 0.1) is 0 Å². The maximum atomic E-state index is 11.6. The van der Waals surface area contributed by atoms with Crippen molar-refractivity contribution in [2.75, 3.05) is 13.2 Å². The van der Waals surface area contributed by atoms with Crippen molar-refractivity contribution in [3.63, 3.8) is 0 Å². The summed E-state index contributed by atoms with van der Waals surface area (Å²) in [5.74, 6) is -1.98. The van der Waals surface area contributed by atoms with E-state index in [4.69, 9.17) is 14.0 Å². The first-order chi connectivity index (χ1) is 9.32. The smallest absolute Gasteiger partial charge is 0.327 e. The van der Waals surface area contributed by atoms with Crippen molar-refractivity contribution in [3.05, 3.63) is 0 Å². The van der Waals surface area contributed by atoms with Gasteiger partial charge in [0.15, 0.2) is 5.25 Å². The van der Waals surface area contributed by atoms with E-state index in [1.54, 1.807) is 0 Å². The Morgan fingerprint density at radius 3 is 2.00 bits per heavy atom. The minimum absolute atomic E-state index is 0.0479. The van der Waals surface area contributed by atoms with Crippen molar-refractivity contribution in [2.24, 2.45) is 0 Å². The van der Waals surface area contributed by atoms with Crippen LogP contribution in [-0.4, -0.2) is 43.4 Å². The van der Waals surface area contributed by atoms with Gasteiger partial charge in [0.2, 0.25) is 0 Å². The Morgan fingerprint density at radius 2 is 1.55 bits per heavy atom. The zero-order valence-corrected chi connectivity index (χ0v) is 12.6. The molecule has 0 aromatic rings. The molecule has 0 amide bonds. The van der Waals surface area contributed by atoms with Crippen molar-refractivity contribution in [1.82, 2.24) is 0 Å². The fraction of sp³-hybridized carbons (Fsp3) is 0.833. The molecule has 0 bridgehead atoms. The largest absolute Gasteiger partial charge is 0.466 e. The number of rotatable bonds is 10. The van der Waals surface area contributed by atoms with Crippen LogP contribution in [0.15, 0.2) is 0 Å². The normalized spacial score (nSPS) is 12.8. The van der Waals surface area contributed by atoms with E-state index in [1.807, 2.05) is 13.8 Å². The Bertz CT molecular complexity index is 402. The molecule has 8 heteroatoms. The minimum Gasteiger partial charge on any atom is -0.466 e. The van der Waals surface area contributed by atoms with Crippen molar-refractivity contribution in [1.29, 1.82) is 0 Å². The second-order valence-corrected chi connectivity index (χ2v) is 5.90. The van der Waals surface area contributed by atoms with E-state index < -0.39 is 33.7 Å². The fourth-order valence-electron chi connectivity index (χ4n) is 1.26. The molecule has 0 aromatic carbocycles. The molecule has 0 heterocycles. The number of hydrogen-bond donors (Lipinski definition) is 1. The van der Waals surface area contributed by atoms with Crippen molar-refractivity contribution >= 4 is 22.1 Å². The Morgan fingerprint density at radius 1 is 1.05 bits per heavy atom. The molecule has 1 unspecified atom stereocenters. The Kier molecular flexibility index (Phi) is 9.15. The van der Waals surface area contributed by atoms with Gasteiger partial charge in [-0.3, -0.25) is 14.1 Å². The van der Waals surface area contributed by atoms with Crippen LogP contribution in [0.25, 0.3) is 0 Å². The Labute approximate surface area is 119 Å². The van der Waals surface area contributed by atoms with Gasteiger partial charge in [-0.25, -0.2) is 0 Å². The zero-order valence-electron chi connectivity index (χ0n) is 11.8. The molecule has 0 aliphatic carbocycles. The van der Waals surface area contributed by atoms with E-state index in [1.165, 1.54) is 0 Å². The molecule has 0 spiro atoms. The summed E-state index contributed by atoms with van der Waals surface area (Å²) >= 11 is 0. The number of unbranched alkanes of at least 4 members (excludes halogenated alkanes) is 2. The fourth-order valence-corrected chi connectivity index (χ4v) is 1.92. The van der Waals surface area contributed by atoms with Gasteiger partial charge in [-0.15, -0.1) is 0 Å². The van der Waals surface area contributed by atoms with Crippen LogP contribution in [0.3, 0.4) is 0 Å². The number of ether oxygens (including phenoxy) is 2. The van der Waals surface area contributed by atoms with Crippen molar-refractivity contribution in [3.8, 4) is 0 Å². The van der Waals surface area contributed by atoms with Gasteiger partial charge in [0.25, 0.3) is 10.1 Å². The summed E-state index contributed by atoms with van der Waals surface area (Å²) < 4.78 is 40.7. The lowest BCUT2D eigenvalue weighted by atomic mass is 10.3. The molecule has 1 N–H and O–H groups in total. The van der Waals surface area contributed by atoms with Crippen LogP contribution in [0.2, 0.25) is 0 Å². The first kappa shape index (κ1) is 18.9. The second kappa shape index (κ2) is 9.71. The maximum Gasteiger partial charge on any atom is 0.327 e. The van der Waals surface area contributed by atoms with Gasteiger partial charge in [0.05, 0.1) is 19.6 Å². The van der Waals surface area contributed by atoms with Crippen LogP contribution in [0.4, 0.5) is 0 Å².